The average Bonchev–Trinajstić information content (AvgIpc) is 3.20. The summed E-state index contributed by atoms with van der Waals surface area (Å²) in [6.07, 6.45) is 5.69. The van der Waals surface area contributed by atoms with Crippen LogP contribution in [0.5, 0.6) is 0 Å². The van der Waals surface area contributed by atoms with Gasteiger partial charge >= 0.3 is 0 Å². The first-order valence-electron chi connectivity index (χ1n) is 7.18. The molecule has 1 atom stereocenters. The van der Waals surface area contributed by atoms with Crippen molar-refractivity contribution in [2.45, 2.75) is 51.5 Å². The van der Waals surface area contributed by atoms with Crippen LogP contribution in [0.3, 0.4) is 0 Å². The molecule has 0 radical (unpaired) electrons. The summed E-state index contributed by atoms with van der Waals surface area (Å²) in [6, 6.07) is 0.439. The van der Waals surface area contributed by atoms with Crippen LogP contribution in [-0.2, 0) is 9.59 Å². The molecule has 102 valence electrons. The van der Waals surface area contributed by atoms with Gasteiger partial charge in [-0.25, -0.2) is 0 Å². The molecule has 1 aliphatic heterocycles. The maximum Gasteiger partial charge on any atom is 0.227 e. The fourth-order valence-corrected chi connectivity index (χ4v) is 2.63. The lowest BCUT2D eigenvalue weighted by atomic mass is 9.96. The van der Waals surface area contributed by atoms with Gasteiger partial charge in [-0.05, 0) is 25.7 Å². The summed E-state index contributed by atoms with van der Waals surface area (Å²) < 4.78 is 0. The Balaban J connectivity index is 1.88. The lowest BCUT2D eigenvalue weighted by molar-refractivity contribution is -0.142. The standard InChI is InChI=1S/C14H24N2O2/c1-3-4-9-15(2)14(18)11-5-8-13(17)16(10-11)12-6-7-12/h11-12H,3-10H2,1-2H3. The van der Waals surface area contributed by atoms with Gasteiger partial charge in [0.25, 0.3) is 0 Å². The van der Waals surface area contributed by atoms with Crippen LogP contribution < -0.4 is 0 Å². The molecule has 0 aromatic heterocycles. The third kappa shape index (κ3) is 3.03. The van der Waals surface area contributed by atoms with E-state index in [0.29, 0.717) is 19.0 Å². The third-order valence-electron chi connectivity index (χ3n) is 4.00. The van der Waals surface area contributed by atoms with Gasteiger partial charge in [0.15, 0.2) is 0 Å². The van der Waals surface area contributed by atoms with Crippen molar-refractivity contribution in [1.29, 1.82) is 0 Å². The molecular formula is C14H24N2O2. The number of nitrogens with zero attached hydrogens (tertiary/aromatic N) is 2. The van der Waals surface area contributed by atoms with Gasteiger partial charge in [0.05, 0.1) is 5.92 Å². The highest BCUT2D eigenvalue weighted by atomic mass is 16.2. The number of carbonyl (C=O) groups excluding carboxylic acids is 2. The third-order valence-corrected chi connectivity index (χ3v) is 4.00. The Morgan fingerprint density at radius 1 is 1.39 bits per heavy atom. The normalized spacial score (nSPS) is 24.2. The van der Waals surface area contributed by atoms with Crippen molar-refractivity contribution in [3.63, 3.8) is 0 Å². The number of rotatable bonds is 5. The number of hydrogen-bond donors (Lipinski definition) is 0. The van der Waals surface area contributed by atoms with Gasteiger partial charge in [0.2, 0.25) is 11.8 Å². The molecule has 2 rings (SSSR count). The molecule has 0 bridgehead atoms. The van der Waals surface area contributed by atoms with Gasteiger partial charge < -0.3 is 9.80 Å². The minimum atomic E-state index is 0.0326. The summed E-state index contributed by atoms with van der Waals surface area (Å²) in [7, 11) is 1.88. The van der Waals surface area contributed by atoms with Gasteiger partial charge in [-0.1, -0.05) is 13.3 Å². The molecule has 2 amide bonds. The van der Waals surface area contributed by atoms with E-state index in [-0.39, 0.29) is 17.7 Å². The van der Waals surface area contributed by atoms with E-state index in [9.17, 15) is 9.59 Å². The number of amides is 2. The molecule has 4 nitrogen and oxygen atoms in total. The molecule has 0 aromatic rings. The van der Waals surface area contributed by atoms with E-state index in [2.05, 4.69) is 6.92 Å². The SMILES string of the molecule is CCCCN(C)C(=O)C1CCC(=O)N(C2CC2)C1. The van der Waals surface area contributed by atoms with Crippen molar-refractivity contribution < 1.29 is 9.59 Å². The fraction of sp³-hybridized carbons (Fsp3) is 0.857. The highest BCUT2D eigenvalue weighted by molar-refractivity contribution is 5.84. The Labute approximate surface area is 109 Å². The maximum absolute atomic E-state index is 12.3. The summed E-state index contributed by atoms with van der Waals surface area (Å²) in [5.74, 6) is 0.504. The van der Waals surface area contributed by atoms with Crippen LogP contribution in [0.1, 0.15) is 45.4 Å². The topological polar surface area (TPSA) is 40.6 Å². The zero-order valence-corrected chi connectivity index (χ0v) is 11.5. The van der Waals surface area contributed by atoms with Crippen molar-refractivity contribution in [3.8, 4) is 0 Å². The van der Waals surface area contributed by atoms with Crippen LogP contribution in [0.4, 0.5) is 0 Å². The molecule has 0 aromatic carbocycles. The van der Waals surface area contributed by atoms with Gasteiger partial charge in [-0.15, -0.1) is 0 Å². The Kier molecular flexibility index (Phi) is 4.25. The quantitative estimate of drug-likeness (QED) is 0.746. The maximum atomic E-state index is 12.3. The second-order valence-corrected chi connectivity index (χ2v) is 5.63. The fourth-order valence-electron chi connectivity index (χ4n) is 2.63. The summed E-state index contributed by atoms with van der Waals surface area (Å²) in [4.78, 5) is 27.9. The van der Waals surface area contributed by atoms with Crippen LogP contribution in [0.15, 0.2) is 0 Å². The minimum absolute atomic E-state index is 0.0326. The minimum Gasteiger partial charge on any atom is -0.345 e. The van der Waals surface area contributed by atoms with Crippen LogP contribution in [0.2, 0.25) is 0 Å². The van der Waals surface area contributed by atoms with Crippen LogP contribution >= 0.6 is 0 Å². The second-order valence-electron chi connectivity index (χ2n) is 5.63. The van der Waals surface area contributed by atoms with Gasteiger partial charge in [-0.2, -0.15) is 0 Å². The lowest BCUT2D eigenvalue weighted by Gasteiger charge is -2.34. The van der Waals surface area contributed by atoms with Gasteiger partial charge in [-0.3, -0.25) is 9.59 Å². The summed E-state index contributed by atoms with van der Waals surface area (Å²) in [6.45, 7) is 3.62. The second kappa shape index (κ2) is 5.72. The van der Waals surface area contributed by atoms with Crippen molar-refractivity contribution in [1.82, 2.24) is 9.80 Å². The Morgan fingerprint density at radius 2 is 2.11 bits per heavy atom. The number of likely N-dealkylation sites (tertiary alicyclic amines) is 1. The number of piperidine rings is 1. The monoisotopic (exact) mass is 252 g/mol. The molecule has 1 unspecified atom stereocenters. The number of unbranched alkanes of at least 4 members (excludes halogenated alkanes) is 1. The van der Waals surface area contributed by atoms with E-state index in [1.54, 1.807) is 0 Å². The largest absolute Gasteiger partial charge is 0.345 e. The van der Waals surface area contributed by atoms with E-state index in [0.717, 1.165) is 38.6 Å². The van der Waals surface area contributed by atoms with E-state index in [1.807, 2.05) is 16.8 Å². The first-order valence-corrected chi connectivity index (χ1v) is 7.18. The van der Waals surface area contributed by atoms with E-state index < -0.39 is 0 Å². The molecule has 1 heterocycles. The molecule has 18 heavy (non-hydrogen) atoms. The molecule has 0 N–H and O–H groups in total. The molecule has 1 aliphatic carbocycles. The number of carbonyl (C=O) groups is 2. The molecule has 1 saturated carbocycles. The first kappa shape index (κ1) is 13.4. The molecular weight excluding hydrogens is 228 g/mol. The molecule has 2 fully saturated rings. The van der Waals surface area contributed by atoms with E-state index in [4.69, 9.17) is 0 Å². The number of hydrogen-bond acceptors (Lipinski definition) is 2. The molecule has 0 spiro atoms. The average molecular weight is 252 g/mol. The Bertz CT molecular complexity index is 326. The van der Waals surface area contributed by atoms with Crippen molar-refractivity contribution in [2.75, 3.05) is 20.1 Å². The lowest BCUT2D eigenvalue weighted by Crippen LogP contribution is -2.47. The first-order chi connectivity index (χ1) is 8.63. The van der Waals surface area contributed by atoms with E-state index in [1.165, 1.54) is 0 Å². The Hall–Kier alpha value is -1.06. The zero-order valence-electron chi connectivity index (χ0n) is 11.5. The predicted molar refractivity (Wildman–Crippen MR) is 70.0 cm³/mol. The molecule has 4 heteroatoms. The van der Waals surface area contributed by atoms with E-state index >= 15 is 0 Å². The zero-order chi connectivity index (χ0) is 13.1. The van der Waals surface area contributed by atoms with Gasteiger partial charge in [0.1, 0.15) is 0 Å². The van der Waals surface area contributed by atoms with Gasteiger partial charge in [0, 0.05) is 32.6 Å². The van der Waals surface area contributed by atoms with Crippen LogP contribution in [0, 0.1) is 5.92 Å². The molecule has 1 saturated heterocycles. The summed E-state index contributed by atoms with van der Waals surface area (Å²) in [5, 5.41) is 0. The van der Waals surface area contributed by atoms with Crippen molar-refractivity contribution in [3.05, 3.63) is 0 Å². The van der Waals surface area contributed by atoms with Crippen LogP contribution in [0.25, 0.3) is 0 Å². The summed E-state index contributed by atoms with van der Waals surface area (Å²) >= 11 is 0. The highest BCUT2D eigenvalue weighted by Gasteiger charge is 2.39. The smallest absolute Gasteiger partial charge is 0.227 e. The summed E-state index contributed by atoms with van der Waals surface area (Å²) in [5.41, 5.74) is 0. The predicted octanol–water partition coefficient (Wildman–Crippen LogP) is 1.65. The highest BCUT2D eigenvalue weighted by Crippen LogP contribution is 2.32. The Morgan fingerprint density at radius 3 is 2.72 bits per heavy atom. The molecule has 2 aliphatic rings. The van der Waals surface area contributed by atoms with Crippen molar-refractivity contribution >= 4 is 11.8 Å². The van der Waals surface area contributed by atoms with Crippen LogP contribution in [-0.4, -0.2) is 47.8 Å². The van der Waals surface area contributed by atoms with Crippen molar-refractivity contribution in [2.24, 2.45) is 5.92 Å².